The first-order valence-corrected chi connectivity index (χ1v) is 9.50. The van der Waals surface area contributed by atoms with Gasteiger partial charge in [-0.15, -0.1) is 0 Å². The Morgan fingerprint density at radius 3 is 2.83 bits per heavy atom. The third-order valence-corrected chi connectivity index (χ3v) is 7.21. The summed E-state index contributed by atoms with van der Waals surface area (Å²) in [6.45, 7) is 2.31. The number of hydrogen-bond acceptors (Lipinski definition) is 2. The van der Waals surface area contributed by atoms with Gasteiger partial charge in [-0.2, -0.15) is 0 Å². The minimum atomic E-state index is -0.121. The SMILES string of the molecule is C[C@]12CC[C@@H]3c4ccc(O)c(C#CBr)c4CC[C@H]3[C@@H]1CC[C@H]2O. The summed E-state index contributed by atoms with van der Waals surface area (Å²) in [4.78, 5) is 2.77. The van der Waals surface area contributed by atoms with E-state index in [-0.39, 0.29) is 11.5 Å². The second-order valence-corrected chi connectivity index (χ2v) is 8.20. The second-order valence-electron chi connectivity index (χ2n) is 7.80. The van der Waals surface area contributed by atoms with Gasteiger partial charge in [-0.3, -0.25) is 0 Å². The van der Waals surface area contributed by atoms with Gasteiger partial charge in [0.15, 0.2) is 0 Å². The van der Waals surface area contributed by atoms with Crippen LogP contribution in [0, 0.1) is 28.0 Å². The largest absolute Gasteiger partial charge is 0.507 e. The van der Waals surface area contributed by atoms with Crippen molar-refractivity contribution in [1.82, 2.24) is 0 Å². The molecule has 0 aromatic heterocycles. The van der Waals surface area contributed by atoms with Crippen molar-refractivity contribution in [3.63, 3.8) is 0 Å². The van der Waals surface area contributed by atoms with Crippen LogP contribution >= 0.6 is 15.9 Å². The van der Waals surface area contributed by atoms with Crippen molar-refractivity contribution >= 4 is 15.9 Å². The van der Waals surface area contributed by atoms with Crippen LogP contribution < -0.4 is 0 Å². The Morgan fingerprint density at radius 1 is 1.22 bits per heavy atom. The molecule has 122 valence electrons. The van der Waals surface area contributed by atoms with Crippen molar-refractivity contribution in [2.75, 3.05) is 0 Å². The number of halogens is 1. The average molecular weight is 375 g/mol. The molecule has 0 saturated heterocycles. The average Bonchev–Trinajstić information content (AvgIpc) is 2.85. The van der Waals surface area contributed by atoms with Gasteiger partial charge < -0.3 is 10.2 Å². The summed E-state index contributed by atoms with van der Waals surface area (Å²) < 4.78 is 0. The van der Waals surface area contributed by atoms with E-state index in [1.54, 1.807) is 0 Å². The molecule has 0 radical (unpaired) electrons. The van der Waals surface area contributed by atoms with Crippen LogP contribution in [0.3, 0.4) is 0 Å². The van der Waals surface area contributed by atoms with Gasteiger partial charge in [-0.05, 0) is 83.7 Å². The molecule has 1 aromatic rings. The first-order chi connectivity index (χ1) is 11.1. The predicted molar refractivity (Wildman–Crippen MR) is 94.5 cm³/mol. The number of aliphatic hydroxyl groups is 1. The van der Waals surface area contributed by atoms with Gasteiger partial charge >= 0.3 is 0 Å². The number of aliphatic hydroxyl groups excluding tert-OH is 1. The summed E-state index contributed by atoms with van der Waals surface area (Å²) in [7, 11) is 0. The molecule has 5 atom stereocenters. The van der Waals surface area contributed by atoms with Gasteiger partial charge in [0, 0.05) is 15.9 Å². The van der Waals surface area contributed by atoms with Crippen molar-refractivity contribution in [2.45, 2.75) is 57.5 Å². The highest BCUT2D eigenvalue weighted by Crippen LogP contribution is 2.61. The lowest BCUT2D eigenvalue weighted by Crippen LogP contribution is -2.44. The van der Waals surface area contributed by atoms with Crippen molar-refractivity contribution in [1.29, 1.82) is 0 Å². The Kier molecular flexibility index (Phi) is 3.74. The molecule has 1 aromatic carbocycles. The minimum absolute atomic E-state index is 0.119. The number of hydrogen-bond donors (Lipinski definition) is 2. The first kappa shape index (κ1) is 15.5. The Balaban J connectivity index is 1.75. The van der Waals surface area contributed by atoms with Gasteiger partial charge in [-0.1, -0.05) is 18.9 Å². The number of fused-ring (bicyclic) bond motifs is 5. The van der Waals surface area contributed by atoms with E-state index in [9.17, 15) is 10.2 Å². The van der Waals surface area contributed by atoms with E-state index in [1.807, 2.05) is 6.07 Å². The lowest BCUT2D eigenvalue weighted by molar-refractivity contribution is -0.0226. The van der Waals surface area contributed by atoms with Gasteiger partial charge in [0.05, 0.1) is 11.7 Å². The van der Waals surface area contributed by atoms with E-state index in [2.05, 4.69) is 39.7 Å². The van der Waals surface area contributed by atoms with Crippen molar-refractivity contribution in [3.8, 4) is 16.5 Å². The van der Waals surface area contributed by atoms with Gasteiger partial charge in [0.1, 0.15) is 5.75 Å². The lowest BCUT2D eigenvalue weighted by atomic mass is 9.55. The molecule has 2 nitrogen and oxygen atoms in total. The Hall–Kier alpha value is -0.980. The molecular weight excluding hydrogens is 352 g/mol. The van der Waals surface area contributed by atoms with Crippen LogP contribution in [0.2, 0.25) is 0 Å². The van der Waals surface area contributed by atoms with E-state index >= 15 is 0 Å². The van der Waals surface area contributed by atoms with Crippen LogP contribution in [-0.2, 0) is 6.42 Å². The smallest absolute Gasteiger partial charge is 0.131 e. The van der Waals surface area contributed by atoms with Gasteiger partial charge in [0.2, 0.25) is 0 Å². The van der Waals surface area contributed by atoms with Crippen LogP contribution in [0.5, 0.6) is 5.75 Å². The monoisotopic (exact) mass is 374 g/mol. The molecular formula is C20H23BrO2. The summed E-state index contributed by atoms with van der Waals surface area (Å²) in [5.41, 5.74) is 3.57. The normalized spacial score (nSPS) is 38.0. The fourth-order valence-electron chi connectivity index (χ4n) is 5.81. The highest BCUT2D eigenvalue weighted by molar-refractivity contribution is 9.12. The number of benzene rings is 1. The molecule has 3 aliphatic rings. The number of rotatable bonds is 0. The molecule has 2 saturated carbocycles. The second kappa shape index (κ2) is 5.53. The zero-order chi connectivity index (χ0) is 16.2. The van der Waals surface area contributed by atoms with Crippen LogP contribution in [0.1, 0.15) is 61.6 Å². The molecule has 2 fully saturated rings. The fraction of sp³-hybridized carbons (Fsp3) is 0.600. The van der Waals surface area contributed by atoms with Crippen LogP contribution in [0.4, 0.5) is 0 Å². The maximum Gasteiger partial charge on any atom is 0.131 e. The molecule has 3 aliphatic carbocycles. The summed E-state index contributed by atoms with van der Waals surface area (Å²) in [6.07, 6.45) is 6.42. The zero-order valence-corrected chi connectivity index (χ0v) is 15.1. The summed E-state index contributed by atoms with van der Waals surface area (Å²) in [6, 6.07) is 3.93. The minimum Gasteiger partial charge on any atom is -0.507 e. The number of phenols is 1. The summed E-state index contributed by atoms with van der Waals surface area (Å²) in [5.74, 6) is 5.22. The van der Waals surface area contributed by atoms with Crippen molar-refractivity contribution in [3.05, 3.63) is 28.8 Å². The maximum absolute atomic E-state index is 10.5. The molecule has 0 heterocycles. The van der Waals surface area contributed by atoms with Gasteiger partial charge in [0.25, 0.3) is 0 Å². The van der Waals surface area contributed by atoms with Crippen LogP contribution in [0.15, 0.2) is 12.1 Å². The number of phenolic OH excluding ortho intramolecular Hbond substituents is 1. The van der Waals surface area contributed by atoms with E-state index in [0.29, 0.717) is 23.5 Å². The molecule has 3 heteroatoms. The molecule has 2 N–H and O–H groups in total. The topological polar surface area (TPSA) is 40.5 Å². The maximum atomic E-state index is 10.5. The fourth-order valence-corrected chi connectivity index (χ4v) is 6.01. The Bertz CT molecular complexity index is 702. The Labute approximate surface area is 146 Å². The van der Waals surface area contributed by atoms with E-state index in [0.717, 1.165) is 37.7 Å². The van der Waals surface area contributed by atoms with Crippen molar-refractivity contribution < 1.29 is 10.2 Å². The molecule has 0 unspecified atom stereocenters. The summed E-state index contributed by atoms with van der Waals surface area (Å²) >= 11 is 3.17. The molecule has 23 heavy (non-hydrogen) atoms. The van der Waals surface area contributed by atoms with Gasteiger partial charge in [-0.25, -0.2) is 0 Å². The molecule has 0 spiro atoms. The molecule has 0 aliphatic heterocycles. The standard InChI is InChI=1S/C20H23BrO2/c1-20-10-8-14-12-4-6-18(22)16(9-11-21)13(12)2-3-15(14)17(20)5-7-19(20)23/h4,6,14-15,17,19,22-23H,2-3,5,7-8,10H2,1H3/t14-,15-,17+,19-,20+/m1/s1. The highest BCUT2D eigenvalue weighted by Gasteiger charge is 2.54. The molecule has 0 bridgehead atoms. The highest BCUT2D eigenvalue weighted by atomic mass is 79.9. The van der Waals surface area contributed by atoms with E-state index in [4.69, 9.17) is 0 Å². The first-order valence-electron chi connectivity index (χ1n) is 8.70. The van der Waals surface area contributed by atoms with E-state index < -0.39 is 0 Å². The van der Waals surface area contributed by atoms with Crippen LogP contribution in [0.25, 0.3) is 0 Å². The summed E-state index contributed by atoms with van der Waals surface area (Å²) in [5, 5.41) is 20.6. The quantitative estimate of drug-likeness (QED) is 0.664. The molecule has 0 amide bonds. The Morgan fingerprint density at radius 2 is 2.04 bits per heavy atom. The van der Waals surface area contributed by atoms with E-state index in [1.165, 1.54) is 17.5 Å². The lowest BCUT2D eigenvalue weighted by Gasteiger charge is -2.50. The predicted octanol–water partition coefficient (Wildman–Crippen LogP) is 4.31. The van der Waals surface area contributed by atoms with Crippen LogP contribution in [-0.4, -0.2) is 16.3 Å². The van der Waals surface area contributed by atoms with Crippen molar-refractivity contribution in [2.24, 2.45) is 17.3 Å². The molecule has 4 rings (SSSR count). The number of aromatic hydroxyl groups is 1. The third kappa shape index (κ3) is 2.18. The zero-order valence-electron chi connectivity index (χ0n) is 13.5. The third-order valence-electron chi connectivity index (χ3n) is 7.01.